The Labute approximate surface area is 78.7 Å². The Kier molecular flexibility index (Phi) is 3.47. The lowest BCUT2D eigenvalue weighted by Crippen LogP contribution is -2.38. The van der Waals surface area contributed by atoms with Crippen molar-refractivity contribution in [1.29, 1.82) is 0 Å². The molecule has 13 heavy (non-hydrogen) atoms. The molecule has 0 aliphatic heterocycles. The van der Waals surface area contributed by atoms with E-state index in [0.717, 1.165) is 0 Å². The summed E-state index contributed by atoms with van der Waals surface area (Å²) in [5, 5.41) is 8.96. The van der Waals surface area contributed by atoms with Gasteiger partial charge in [0, 0.05) is 6.54 Å². The van der Waals surface area contributed by atoms with Gasteiger partial charge in [0.05, 0.1) is 11.9 Å². The third-order valence-electron chi connectivity index (χ3n) is 2.14. The highest BCUT2D eigenvalue weighted by molar-refractivity contribution is 7.89. The number of aliphatic hydroxyl groups excluding tert-OH is 1. The third kappa shape index (κ3) is 3.46. The van der Waals surface area contributed by atoms with Gasteiger partial charge in [0.1, 0.15) is 0 Å². The van der Waals surface area contributed by atoms with E-state index in [4.69, 9.17) is 5.11 Å². The molecule has 0 aromatic heterocycles. The van der Waals surface area contributed by atoms with Gasteiger partial charge in [0.25, 0.3) is 0 Å². The first-order valence-corrected chi connectivity index (χ1v) is 5.95. The second-order valence-electron chi connectivity index (χ2n) is 3.41. The average molecular weight is 205 g/mol. The first-order chi connectivity index (χ1) is 6.03. The van der Waals surface area contributed by atoms with Crippen LogP contribution in [0.5, 0.6) is 0 Å². The molecule has 0 amide bonds. The topological polar surface area (TPSA) is 66.4 Å². The summed E-state index contributed by atoms with van der Waals surface area (Å²) in [6, 6.07) is 0. The van der Waals surface area contributed by atoms with Crippen molar-refractivity contribution in [2.75, 3.05) is 12.3 Å². The van der Waals surface area contributed by atoms with Crippen molar-refractivity contribution in [2.45, 2.75) is 18.9 Å². The zero-order valence-electron chi connectivity index (χ0n) is 7.44. The molecule has 0 bridgehead atoms. The van der Waals surface area contributed by atoms with Gasteiger partial charge in [-0.3, -0.25) is 0 Å². The monoisotopic (exact) mass is 205 g/mol. The predicted octanol–water partition coefficient (Wildman–Crippen LogP) is -0.137. The molecule has 1 aliphatic rings. The molecule has 1 fully saturated rings. The molecule has 0 saturated heterocycles. The third-order valence-corrected chi connectivity index (χ3v) is 3.42. The molecule has 1 aliphatic carbocycles. The van der Waals surface area contributed by atoms with Crippen molar-refractivity contribution in [2.24, 2.45) is 5.92 Å². The van der Waals surface area contributed by atoms with Crippen molar-refractivity contribution >= 4 is 10.0 Å². The second kappa shape index (κ2) is 4.21. The smallest absolute Gasteiger partial charge is 0.215 e. The second-order valence-corrected chi connectivity index (χ2v) is 5.26. The number of rotatable bonds is 5. The van der Waals surface area contributed by atoms with E-state index in [0.29, 0.717) is 25.3 Å². The van der Waals surface area contributed by atoms with Crippen LogP contribution in [0.2, 0.25) is 0 Å². The Morgan fingerprint density at radius 2 is 2.15 bits per heavy atom. The standard InChI is InChI=1S/C8H15NO3S/c1-2-3-13(11,12)9-6-7-4-8(10)5-7/h2,7-10H,1,3-6H2. The van der Waals surface area contributed by atoms with E-state index in [1.54, 1.807) is 0 Å². The summed E-state index contributed by atoms with van der Waals surface area (Å²) in [6.07, 6.45) is 2.54. The first kappa shape index (κ1) is 10.7. The molecule has 76 valence electrons. The summed E-state index contributed by atoms with van der Waals surface area (Å²) in [4.78, 5) is 0. The number of hydrogen-bond donors (Lipinski definition) is 2. The Bertz CT molecular complexity index is 267. The van der Waals surface area contributed by atoms with Crippen molar-refractivity contribution in [3.63, 3.8) is 0 Å². The van der Waals surface area contributed by atoms with E-state index in [2.05, 4.69) is 11.3 Å². The number of nitrogens with one attached hydrogen (secondary N) is 1. The van der Waals surface area contributed by atoms with Crippen molar-refractivity contribution in [3.05, 3.63) is 12.7 Å². The molecular formula is C8H15NO3S. The number of hydrogen-bond acceptors (Lipinski definition) is 3. The van der Waals surface area contributed by atoms with Crippen LogP contribution in [0.15, 0.2) is 12.7 Å². The molecule has 0 heterocycles. The van der Waals surface area contributed by atoms with Gasteiger partial charge < -0.3 is 5.11 Å². The Morgan fingerprint density at radius 3 is 2.62 bits per heavy atom. The maximum Gasteiger partial charge on any atom is 0.215 e. The zero-order valence-corrected chi connectivity index (χ0v) is 8.26. The normalized spacial score (nSPS) is 28.1. The Balaban J connectivity index is 2.22. The zero-order chi connectivity index (χ0) is 9.90. The van der Waals surface area contributed by atoms with Gasteiger partial charge in [-0.15, -0.1) is 6.58 Å². The molecule has 5 heteroatoms. The van der Waals surface area contributed by atoms with Crippen LogP contribution in [-0.2, 0) is 10.0 Å². The molecule has 2 N–H and O–H groups in total. The minimum atomic E-state index is -3.17. The summed E-state index contributed by atoms with van der Waals surface area (Å²) in [5.41, 5.74) is 0. The molecule has 0 unspecified atom stereocenters. The molecule has 1 saturated carbocycles. The average Bonchev–Trinajstić information content (AvgIpc) is 1.96. The van der Waals surface area contributed by atoms with Crippen LogP contribution in [0, 0.1) is 5.92 Å². The minimum Gasteiger partial charge on any atom is -0.393 e. The van der Waals surface area contributed by atoms with Gasteiger partial charge in [0.15, 0.2) is 0 Å². The van der Waals surface area contributed by atoms with E-state index in [-0.39, 0.29) is 11.9 Å². The maximum absolute atomic E-state index is 11.1. The van der Waals surface area contributed by atoms with Crippen molar-refractivity contribution in [1.82, 2.24) is 4.72 Å². The van der Waals surface area contributed by atoms with Crippen LogP contribution in [0.25, 0.3) is 0 Å². The fourth-order valence-corrected chi connectivity index (χ4v) is 2.24. The van der Waals surface area contributed by atoms with Crippen LogP contribution in [0.4, 0.5) is 0 Å². The van der Waals surface area contributed by atoms with Crippen LogP contribution < -0.4 is 4.72 Å². The van der Waals surface area contributed by atoms with E-state index in [1.165, 1.54) is 6.08 Å². The summed E-state index contributed by atoms with van der Waals surface area (Å²) < 4.78 is 24.7. The SMILES string of the molecule is C=CCS(=O)(=O)NCC1CC(O)C1. The lowest BCUT2D eigenvalue weighted by Gasteiger charge is -2.31. The summed E-state index contributed by atoms with van der Waals surface area (Å²) >= 11 is 0. The Hall–Kier alpha value is -0.390. The lowest BCUT2D eigenvalue weighted by molar-refractivity contribution is 0.0453. The summed E-state index contributed by atoms with van der Waals surface area (Å²) in [6.45, 7) is 3.80. The van der Waals surface area contributed by atoms with E-state index >= 15 is 0 Å². The minimum absolute atomic E-state index is 0.0394. The molecule has 0 aromatic rings. The first-order valence-electron chi connectivity index (χ1n) is 4.30. The summed E-state index contributed by atoms with van der Waals surface area (Å²) in [7, 11) is -3.17. The van der Waals surface area contributed by atoms with E-state index in [9.17, 15) is 8.42 Å². The highest BCUT2D eigenvalue weighted by atomic mass is 32.2. The Morgan fingerprint density at radius 1 is 1.54 bits per heavy atom. The van der Waals surface area contributed by atoms with E-state index in [1.807, 2.05) is 0 Å². The van der Waals surface area contributed by atoms with Crippen LogP contribution in [0.3, 0.4) is 0 Å². The van der Waals surface area contributed by atoms with E-state index < -0.39 is 10.0 Å². The van der Waals surface area contributed by atoms with Gasteiger partial charge in [-0.2, -0.15) is 0 Å². The predicted molar refractivity (Wildman–Crippen MR) is 50.7 cm³/mol. The lowest BCUT2D eigenvalue weighted by atomic mass is 9.83. The molecule has 0 spiro atoms. The highest BCUT2D eigenvalue weighted by Crippen LogP contribution is 2.26. The molecule has 0 aromatic carbocycles. The maximum atomic E-state index is 11.1. The van der Waals surface area contributed by atoms with Crippen molar-refractivity contribution < 1.29 is 13.5 Å². The summed E-state index contributed by atoms with van der Waals surface area (Å²) in [5.74, 6) is 0.261. The molecule has 1 rings (SSSR count). The largest absolute Gasteiger partial charge is 0.393 e. The molecule has 0 radical (unpaired) electrons. The van der Waals surface area contributed by atoms with Gasteiger partial charge >= 0.3 is 0 Å². The van der Waals surface area contributed by atoms with Crippen LogP contribution in [-0.4, -0.2) is 31.9 Å². The molecule has 0 atom stereocenters. The van der Waals surface area contributed by atoms with Gasteiger partial charge in [-0.25, -0.2) is 13.1 Å². The van der Waals surface area contributed by atoms with Crippen LogP contribution in [0.1, 0.15) is 12.8 Å². The number of sulfonamides is 1. The van der Waals surface area contributed by atoms with Crippen molar-refractivity contribution in [3.8, 4) is 0 Å². The van der Waals surface area contributed by atoms with Gasteiger partial charge in [-0.05, 0) is 18.8 Å². The quantitative estimate of drug-likeness (QED) is 0.614. The van der Waals surface area contributed by atoms with Gasteiger partial charge in [0.2, 0.25) is 10.0 Å². The fourth-order valence-electron chi connectivity index (χ4n) is 1.33. The highest BCUT2D eigenvalue weighted by Gasteiger charge is 2.27. The van der Waals surface area contributed by atoms with Gasteiger partial charge in [-0.1, -0.05) is 6.08 Å². The fraction of sp³-hybridized carbons (Fsp3) is 0.750. The van der Waals surface area contributed by atoms with Crippen LogP contribution >= 0.6 is 0 Å². The molecular weight excluding hydrogens is 190 g/mol. The molecule has 4 nitrogen and oxygen atoms in total. The number of aliphatic hydroxyl groups is 1.